The van der Waals surface area contributed by atoms with Crippen LogP contribution in [0.25, 0.3) is 30.3 Å². The number of thiophene rings is 3. The van der Waals surface area contributed by atoms with Crippen molar-refractivity contribution in [1.82, 2.24) is 29.8 Å². The third-order valence-electron chi connectivity index (χ3n) is 15.1. The van der Waals surface area contributed by atoms with Gasteiger partial charge in [-0.1, -0.05) is 66.7 Å². The van der Waals surface area contributed by atoms with Crippen LogP contribution in [0.5, 0.6) is 0 Å². The molecule has 12 nitrogen and oxygen atoms in total. The summed E-state index contributed by atoms with van der Waals surface area (Å²) in [4.78, 5) is 71.3. The number of benzene rings is 5. The molecule has 19 heteroatoms. The predicted molar refractivity (Wildman–Crippen MR) is 297 cm³/mol. The van der Waals surface area contributed by atoms with Crippen LogP contribution in [0, 0.1) is 13.8 Å². The highest BCUT2D eigenvalue weighted by molar-refractivity contribution is 7.22. The van der Waals surface area contributed by atoms with Gasteiger partial charge in [-0.2, -0.15) is 13.2 Å². The third-order valence-corrected chi connectivity index (χ3v) is 18.7. The average molecular weight is 1120 g/mol. The van der Waals surface area contributed by atoms with Crippen LogP contribution in [0.2, 0.25) is 0 Å². The van der Waals surface area contributed by atoms with E-state index in [-0.39, 0.29) is 35.0 Å². The van der Waals surface area contributed by atoms with E-state index in [0.29, 0.717) is 56.4 Å². The van der Waals surface area contributed by atoms with Gasteiger partial charge in [0.2, 0.25) is 0 Å². The molecule has 8 aromatic rings. The summed E-state index contributed by atoms with van der Waals surface area (Å²) in [6.45, 7) is 12.6. The van der Waals surface area contributed by atoms with Gasteiger partial charge in [-0.25, -0.2) is 4.79 Å². The zero-order chi connectivity index (χ0) is 53.9. The highest BCUT2D eigenvalue weighted by Gasteiger charge is 2.46. The van der Waals surface area contributed by atoms with Gasteiger partial charge in [0, 0.05) is 103 Å². The Hall–Kier alpha value is -6.51. The lowest BCUT2D eigenvalue weighted by Crippen LogP contribution is -2.70. The summed E-state index contributed by atoms with van der Waals surface area (Å²) >= 11 is 9.25. The first-order valence-electron chi connectivity index (χ1n) is 25.2. The van der Waals surface area contributed by atoms with E-state index in [0.717, 1.165) is 112 Å². The van der Waals surface area contributed by atoms with Crippen molar-refractivity contribution in [2.24, 2.45) is 0 Å². The molecule has 3 amide bonds. The summed E-state index contributed by atoms with van der Waals surface area (Å²) in [5.41, 5.74) is 5.61. The van der Waals surface area contributed by atoms with E-state index in [4.69, 9.17) is 16.7 Å². The van der Waals surface area contributed by atoms with E-state index in [1.54, 1.807) is 17.0 Å². The molecule has 6 aliphatic rings. The number of carbonyl (C=O) groups excluding carboxylic acids is 4. The van der Waals surface area contributed by atoms with Crippen molar-refractivity contribution in [3.8, 4) is 0 Å². The highest BCUT2D eigenvalue weighted by atomic mass is 35.5. The molecule has 14 rings (SSSR count). The number of hydrogen-bond donors (Lipinski definition) is 2. The van der Waals surface area contributed by atoms with Gasteiger partial charge in [-0.05, 0) is 118 Å². The molecule has 5 aromatic carbocycles. The first-order chi connectivity index (χ1) is 36.9. The molecular weight excluding hydrogens is 1070 g/mol. The number of carboxylic acids is 1. The van der Waals surface area contributed by atoms with Crippen LogP contribution in [0.1, 0.15) is 77.5 Å². The molecule has 0 spiro atoms. The quantitative estimate of drug-likeness (QED) is 0.150. The first kappa shape index (κ1) is 52.5. The molecule has 0 aliphatic carbocycles. The van der Waals surface area contributed by atoms with Gasteiger partial charge in [-0.3, -0.25) is 29.0 Å². The number of nitrogens with one attached hydrogen (secondary N) is 1. The Balaban J connectivity index is 0.000000120. The molecule has 4 fully saturated rings. The molecule has 4 saturated heterocycles. The van der Waals surface area contributed by atoms with E-state index >= 15 is 0 Å². The number of aryl methyl sites for hydroxylation is 2. The number of fused-ring (bicyclic) bond motifs is 5. The second-order valence-corrected chi connectivity index (χ2v) is 23.9. The number of alkyl halides is 3. The number of hydrogen-bond acceptors (Lipinski definition) is 11. The topological polar surface area (TPSA) is 134 Å². The lowest BCUT2D eigenvalue weighted by Gasteiger charge is -2.53. The Morgan fingerprint density at radius 2 is 1.03 bits per heavy atom. The lowest BCUT2D eigenvalue weighted by atomic mass is 9.98. The van der Waals surface area contributed by atoms with Crippen LogP contribution < -0.4 is 5.32 Å². The van der Waals surface area contributed by atoms with Crippen LogP contribution in [-0.2, 0) is 19.3 Å². The van der Waals surface area contributed by atoms with E-state index < -0.39 is 17.7 Å². The molecular formula is C58H52ClF3N6O6S3. The van der Waals surface area contributed by atoms with Gasteiger partial charge in [0.1, 0.15) is 4.88 Å². The highest BCUT2D eigenvalue weighted by Crippen LogP contribution is 2.37. The van der Waals surface area contributed by atoms with Gasteiger partial charge in [0.05, 0.1) is 27.4 Å². The van der Waals surface area contributed by atoms with Crippen LogP contribution in [0.4, 0.5) is 13.2 Å². The summed E-state index contributed by atoms with van der Waals surface area (Å²) in [6, 6.07) is 38.1. The molecule has 0 bridgehead atoms. The molecule has 396 valence electrons. The number of likely N-dealkylation sites (tertiary alicyclic amines) is 3. The molecule has 0 saturated carbocycles. The fourth-order valence-corrected chi connectivity index (χ4v) is 13.7. The number of amides is 3. The first-order valence-corrected chi connectivity index (χ1v) is 28.1. The summed E-state index contributed by atoms with van der Waals surface area (Å²) in [7, 11) is 0. The van der Waals surface area contributed by atoms with Crippen molar-refractivity contribution < 1.29 is 42.3 Å². The van der Waals surface area contributed by atoms with Crippen molar-refractivity contribution in [1.29, 1.82) is 0 Å². The van der Waals surface area contributed by atoms with E-state index in [9.17, 15) is 37.1 Å². The maximum absolute atomic E-state index is 13.0. The summed E-state index contributed by atoms with van der Waals surface area (Å²) in [6.07, 6.45) is -4.40. The number of carbonyl (C=O) groups is 5. The molecule has 2 N–H and O–H groups in total. The Labute approximate surface area is 458 Å². The van der Waals surface area contributed by atoms with Gasteiger partial charge >= 0.3 is 12.1 Å². The fraction of sp³-hybridized carbons (Fsp3) is 0.293. The van der Waals surface area contributed by atoms with E-state index in [2.05, 4.69) is 27.2 Å². The average Bonchev–Trinajstić information content (AvgIpc) is 4.20. The lowest BCUT2D eigenvalue weighted by molar-refractivity contribution is -0.137. The Kier molecular flexibility index (Phi) is 14.6. The van der Waals surface area contributed by atoms with Gasteiger partial charge in [-0.15, -0.1) is 34.0 Å². The summed E-state index contributed by atoms with van der Waals surface area (Å²) in [5.74, 6) is -0.664. The van der Waals surface area contributed by atoms with Crippen LogP contribution >= 0.6 is 45.6 Å². The number of aromatic carboxylic acids is 1. The number of nitrogens with zero attached hydrogens (tertiary/aromatic N) is 5. The summed E-state index contributed by atoms with van der Waals surface area (Å²) < 4.78 is 41.5. The monoisotopic (exact) mass is 1120 g/mol. The number of rotatable bonds is 7. The standard InChI is InChI=1S/C24H20F3N3O2S.C14H17N3O.C10H7ClOS.C10H8O2S/c25-24(26,27)16-6-5-14-7-21(33-20(14)8-16)23(32)29-10-17(11-29)28-12-18(13-28)30-9-15-3-1-2-4-19(15)22(30)31;18-14-13-4-2-1-3-10(13)7-17(14)12-8-16(9-12)11-5-15-6-11;2*1-6-2-3-7-5-9(10(11)12)13-8(7)4-6/h1-8,17-18H,9-13H2;1-4,11-12,15H,5-9H2;2-5H,1H3;2-5H,1H3,(H,11,12). The Morgan fingerprint density at radius 3 is 1.51 bits per heavy atom. The Bertz CT molecular complexity index is 3520. The van der Waals surface area contributed by atoms with E-state index in [1.165, 1.54) is 39.9 Å². The smallest absolute Gasteiger partial charge is 0.416 e. The normalized spacial score (nSPS) is 17.8. The molecule has 9 heterocycles. The van der Waals surface area contributed by atoms with Gasteiger partial charge in [0.15, 0.2) is 0 Å². The van der Waals surface area contributed by atoms with Crippen LogP contribution in [0.15, 0.2) is 121 Å². The van der Waals surface area contributed by atoms with Crippen molar-refractivity contribution in [3.63, 3.8) is 0 Å². The number of carboxylic acid groups (broad SMARTS) is 1. The van der Waals surface area contributed by atoms with Crippen molar-refractivity contribution in [2.75, 3.05) is 52.4 Å². The molecule has 0 radical (unpaired) electrons. The minimum absolute atomic E-state index is 0.0964. The second-order valence-electron chi connectivity index (χ2n) is 20.3. The SMILES string of the molecule is Cc1ccc2cc(C(=O)Cl)sc2c1.Cc1ccc2cc(C(=O)O)sc2c1.O=C(c1cc2ccc(C(F)(F)F)cc2s1)N1CC(N2CC(N3Cc4ccccc4C3=O)C2)C1.O=C1c2ccccc2CN1C1CN(C2CNC2)C1. The molecule has 0 unspecified atom stereocenters. The van der Waals surface area contributed by atoms with Gasteiger partial charge < -0.3 is 25.1 Å². The maximum atomic E-state index is 13.0. The van der Waals surface area contributed by atoms with Gasteiger partial charge in [0.25, 0.3) is 23.0 Å². The van der Waals surface area contributed by atoms with Crippen molar-refractivity contribution in [2.45, 2.75) is 57.3 Å². The molecule has 77 heavy (non-hydrogen) atoms. The number of halogens is 4. The fourth-order valence-electron chi connectivity index (χ4n) is 10.4. The van der Waals surface area contributed by atoms with Crippen molar-refractivity contribution >= 4 is 105 Å². The molecule has 0 atom stereocenters. The Morgan fingerprint density at radius 1 is 0.571 bits per heavy atom. The third kappa shape index (κ3) is 10.9. The largest absolute Gasteiger partial charge is 0.477 e. The molecule has 3 aromatic heterocycles. The molecule has 6 aliphatic heterocycles. The minimum atomic E-state index is -4.40. The summed E-state index contributed by atoms with van der Waals surface area (Å²) in [5, 5.41) is 14.4. The zero-order valence-electron chi connectivity index (χ0n) is 41.9. The maximum Gasteiger partial charge on any atom is 0.416 e. The second kappa shape index (κ2) is 21.4. The predicted octanol–water partition coefficient (Wildman–Crippen LogP) is 10.9. The van der Waals surface area contributed by atoms with E-state index in [1.807, 2.05) is 103 Å². The minimum Gasteiger partial charge on any atom is -0.477 e. The zero-order valence-corrected chi connectivity index (χ0v) is 45.1. The van der Waals surface area contributed by atoms with Crippen LogP contribution in [-0.4, -0.2) is 135 Å². The van der Waals surface area contributed by atoms with Crippen LogP contribution in [0.3, 0.4) is 0 Å². The van der Waals surface area contributed by atoms with Crippen molar-refractivity contribution in [3.05, 3.63) is 175 Å².